The number of nitrogens with one attached hydrogen (secondary N) is 2. The minimum atomic E-state index is -0.890. The smallest absolute Gasteiger partial charge is 0.407 e. The fourth-order valence-electron chi connectivity index (χ4n) is 5.80. The molecule has 0 radical (unpaired) electrons. The van der Waals surface area contributed by atoms with Crippen molar-refractivity contribution >= 4 is 12.2 Å². The van der Waals surface area contributed by atoms with Gasteiger partial charge < -0.3 is 25.2 Å². The molecule has 2 saturated carbocycles. The van der Waals surface area contributed by atoms with E-state index < -0.39 is 18.3 Å². The number of aliphatic hydroxyl groups excluding tert-OH is 1. The molecule has 6 atom stereocenters. The summed E-state index contributed by atoms with van der Waals surface area (Å²) < 4.78 is 10.7. The van der Waals surface area contributed by atoms with Gasteiger partial charge in [0.25, 0.3) is 0 Å². The van der Waals surface area contributed by atoms with Crippen molar-refractivity contribution in [2.24, 2.45) is 35.5 Å². The Morgan fingerprint density at radius 2 is 1.06 bits per heavy atom. The van der Waals surface area contributed by atoms with Gasteiger partial charge in [-0.05, 0) is 86.9 Å². The van der Waals surface area contributed by atoms with E-state index in [1.54, 1.807) is 0 Å². The second kappa shape index (κ2) is 11.2. The molecule has 7 nitrogen and oxygen atoms in total. The molecule has 0 aliphatic heterocycles. The third-order valence-electron chi connectivity index (χ3n) is 7.80. The Kier molecular flexibility index (Phi) is 8.11. The fourth-order valence-corrected chi connectivity index (χ4v) is 5.80. The number of ether oxygens (including phenoxy) is 2. The monoisotopic (exact) mass is 446 g/mol. The molecule has 0 heterocycles. The van der Waals surface area contributed by atoms with Gasteiger partial charge in [-0.3, -0.25) is 0 Å². The van der Waals surface area contributed by atoms with Gasteiger partial charge >= 0.3 is 12.2 Å². The number of hydrogen-bond acceptors (Lipinski definition) is 5. The summed E-state index contributed by atoms with van der Waals surface area (Å²) in [5.74, 6) is 3.67. The Bertz CT molecular complexity index is 618. The van der Waals surface area contributed by atoms with Crippen LogP contribution in [0.25, 0.3) is 0 Å². The molecule has 0 spiro atoms. The van der Waals surface area contributed by atoms with Gasteiger partial charge in [0.05, 0.1) is 19.3 Å². The molecule has 0 unspecified atom stereocenters. The zero-order valence-corrected chi connectivity index (χ0v) is 18.9. The van der Waals surface area contributed by atoms with Crippen LogP contribution in [-0.4, -0.2) is 49.7 Å². The Morgan fingerprint density at radius 3 is 1.41 bits per heavy atom. The quantitative estimate of drug-likeness (QED) is 0.493. The highest BCUT2D eigenvalue weighted by molar-refractivity contribution is 5.68. The van der Waals surface area contributed by atoms with E-state index in [-0.39, 0.29) is 13.1 Å². The summed E-state index contributed by atoms with van der Waals surface area (Å²) >= 11 is 0. The molecule has 7 heteroatoms. The molecule has 3 N–H and O–H groups in total. The lowest BCUT2D eigenvalue weighted by Crippen LogP contribution is -2.40. The van der Waals surface area contributed by atoms with E-state index in [0.717, 1.165) is 25.7 Å². The normalized spacial score (nSPS) is 34.9. The van der Waals surface area contributed by atoms with Gasteiger partial charge in [-0.1, -0.05) is 24.3 Å². The highest BCUT2D eigenvalue weighted by Gasteiger charge is 2.50. The first-order chi connectivity index (χ1) is 15.6. The van der Waals surface area contributed by atoms with Crippen molar-refractivity contribution in [3.8, 4) is 0 Å². The van der Waals surface area contributed by atoms with Crippen LogP contribution in [0.4, 0.5) is 9.59 Å². The van der Waals surface area contributed by atoms with Crippen LogP contribution >= 0.6 is 0 Å². The van der Waals surface area contributed by atoms with Gasteiger partial charge in [-0.25, -0.2) is 9.59 Å². The minimum absolute atomic E-state index is 0.0281. The summed E-state index contributed by atoms with van der Waals surface area (Å²) in [6, 6.07) is 0. The van der Waals surface area contributed by atoms with E-state index in [0.29, 0.717) is 48.7 Å². The molecule has 4 aliphatic carbocycles. The molecule has 0 saturated heterocycles. The summed E-state index contributed by atoms with van der Waals surface area (Å²) in [6.07, 6.45) is 16.3. The first-order valence-electron chi connectivity index (χ1n) is 12.4. The van der Waals surface area contributed by atoms with E-state index in [1.807, 2.05) is 0 Å². The molecule has 4 aliphatic rings. The van der Waals surface area contributed by atoms with E-state index in [9.17, 15) is 14.7 Å². The first-order valence-corrected chi connectivity index (χ1v) is 12.4. The van der Waals surface area contributed by atoms with Gasteiger partial charge in [-0.15, -0.1) is 0 Å². The van der Waals surface area contributed by atoms with Crippen molar-refractivity contribution < 1.29 is 24.2 Å². The lowest BCUT2D eigenvalue weighted by molar-refractivity contribution is 0.116. The van der Waals surface area contributed by atoms with Gasteiger partial charge in [-0.2, -0.15) is 0 Å². The van der Waals surface area contributed by atoms with E-state index in [2.05, 4.69) is 34.9 Å². The van der Waals surface area contributed by atoms with Crippen molar-refractivity contribution in [1.29, 1.82) is 0 Å². The summed E-state index contributed by atoms with van der Waals surface area (Å²) in [5, 5.41) is 15.2. The number of aliphatic hydroxyl groups is 1. The highest BCUT2D eigenvalue weighted by atomic mass is 16.6. The van der Waals surface area contributed by atoms with Gasteiger partial charge in [0.15, 0.2) is 0 Å². The van der Waals surface area contributed by atoms with Crippen LogP contribution in [0.2, 0.25) is 0 Å². The molecular weight excluding hydrogens is 408 g/mol. The van der Waals surface area contributed by atoms with Gasteiger partial charge in [0, 0.05) is 13.1 Å². The van der Waals surface area contributed by atoms with Crippen LogP contribution in [-0.2, 0) is 9.47 Å². The van der Waals surface area contributed by atoms with E-state index in [4.69, 9.17) is 9.47 Å². The number of amides is 2. The van der Waals surface area contributed by atoms with Crippen molar-refractivity contribution in [2.45, 2.75) is 57.5 Å². The van der Waals surface area contributed by atoms with Crippen LogP contribution < -0.4 is 10.6 Å². The molecule has 32 heavy (non-hydrogen) atoms. The standard InChI is InChI=1S/C25H38N2O5/c28-17(13-26-24(29)31-15-22-18-9-5-1-2-6-10-19(18)22)14-27-25(30)32-16-23-20-11-7-3-4-8-12-21(20)23/h1-4,17-23,28H,5-16H2,(H,26,29)(H,27,30)/b2-1+,4-3+/t18-,19+,20-,21+,22+,23+. The molecule has 4 rings (SSSR count). The Hall–Kier alpha value is -2.02. The number of carbonyl (C=O) groups is 2. The number of allylic oxidation sites excluding steroid dienone is 4. The van der Waals surface area contributed by atoms with Crippen LogP contribution in [0, 0.1) is 35.5 Å². The van der Waals surface area contributed by atoms with Gasteiger partial charge in [0.1, 0.15) is 0 Å². The van der Waals surface area contributed by atoms with Gasteiger partial charge in [0.2, 0.25) is 0 Å². The molecule has 2 fully saturated rings. The lowest BCUT2D eigenvalue weighted by Gasteiger charge is -2.13. The largest absolute Gasteiger partial charge is 0.449 e. The molecule has 0 bridgehead atoms. The predicted molar refractivity (Wildman–Crippen MR) is 121 cm³/mol. The minimum Gasteiger partial charge on any atom is -0.449 e. The van der Waals surface area contributed by atoms with Crippen LogP contribution in [0.1, 0.15) is 51.4 Å². The molecule has 2 amide bonds. The molecule has 0 aromatic rings. The van der Waals surface area contributed by atoms with E-state index >= 15 is 0 Å². The highest BCUT2D eigenvalue weighted by Crippen LogP contribution is 2.53. The molecular formula is C25H38N2O5. The zero-order chi connectivity index (χ0) is 22.3. The van der Waals surface area contributed by atoms with Crippen molar-refractivity contribution in [3.63, 3.8) is 0 Å². The maximum absolute atomic E-state index is 11.9. The maximum atomic E-state index is 11.9. The van der Waals surface area contributed by atoms with Crippen molar-refractivity contribution in [2.75, 3.05) is 26.3 Å². The predicted octanol–water partition coefficient (Wildman–Crippen LogP) is 3.78. The van der Waals surface area contributed by atoms with E-state index in [1.165, 1.54) is 25.7 Å². The Labute approximate surface area is 191 Å². The second-order valence-corrected chi connectivity index (χ2v) is 9.85. The maximum Gasteiger partial charge on any atom is 0.407 e. The number of alkyl carbamates (subject to hydrolysis) is 2. The number of rotatable bonds is 8. The van der Waals surface area contributed by atoms with Crippen molar-refractivity contribution in [3.05, 3.63) is 24.3 Å². The number of hydrogen-bond donors (Lipinski definition) is 3. The topological polar surface area (TPSA) is 96.9 Å². The fraction of sp³-hybridized carbons (Fsp3) is 0.760. The molecule has 178 valence electrons. The zero-order valence-electron chi connectivity index (χ0n) is 18.9. The molecule has 0 aromatic heterocycles. The third kappa shape index (κ3) is 6.50. The average Bonchev–Trinajstić information content (AvgIpc) is 3.60. The van der Waals surface area contributed by atoms with Crippen molar-refractivity contribution in [1.82, 2.24) is 10.6 Å². The Balaban J connectivity index is 1.03. The van der Waals surface area contributed by atoms with Crippen LogP contribution in [0.15, 0.2) is 24.3 Å². The average molecular weight is 447 g/mol. The lowest BCUT2D eigenvalue weighted by atomic mass is 10.1. The molecule has 0 aromatic carbocycles. The SMILES string of the molecule is O=C(NCC(O)CNC(=O)OC[C@H]1[C@@H]2CC/C=C/CC[C@@H]21)OC[C@H]1[C@@H]2CC/C=C/CC[C@@H]21. The van der Waals surface area contributed by atoms with Crippen LogP contribution in [0.3, 0.4) is 0 Å². The number of carbonyl (C=O) groups excluding carboxylic acids is 2. The Morgan fingerprint density at radius 1 is 0.719 bits per heavy atom. The second-order valence-electron chi connectivity index (χ2n) is 9.85. The van der Waals surface area contributed by atoms with Crippen LogP contribution in [0.5, 0.6) is 0 Å². The summed E-state index contributed by atoms with van der Waals surface area (Å²) in [4.78, 5) is 23.9. The first kappa shape index (κ1) is 23.1. The summed E-state index contributed by atoms with van der Waals surface area (Å²) in [5.41, 5.74) is 0. The third-order valence-corrected chi connectivity index (χ3v) is 7.80. The number of fused-ring (bicyclic) bond motifs is 2. The summed E-state index contributed by atoms with van der Waals surface area (Å²) in [6.45, 7) is 0.947. The summed E-state index contributed by atoms with van der Waals surface area (Å²) in [7, 11) is 0.